The fourth-order valence-electron chi connectivity index (χ4n) is 3.21. The Kier molecular flexibility index (Phi) is 11.3. The van der Waals surface area contributed by atoms with Crippen LogP contribution in [0.5, 0.6) is 0 Å². The second-order valence-corrected chi connectivity index (χ2v) is 8.80. The van der Waals surface area contributed by atoms with Gasteiger partial charge in [0.15, 0.2) is 0 Å². The lowest BCUT2D eigenvalue weighted by molar-refractivity contribution is -0.137. The Morgan fingerprint density at radius 1 is 0.970 bits per heavy atom. The van der Waals surface area contributed by atoms with E-state index >= 15 is 0 Å². The molecule has 0 radical (unpaired) electrons. The topological polar surface area (TPSA) is 149 Å². The van der Waals surface area contributed by atoms with Gasteiger partial charge in [-0.25, -0.2) is 14.4 Å². The molecule has 0 aromatic rings. The lowest BCUT2D eigenvalue weighted by Gasteiger charge is -2.35. The summed E-state index contributed by atoms with van der Waals surface area (Å²) in [6.07, 6.45) is 4.03. The lowest BCUT2D eigenvalue weighted by atomic mass is 9.89. The van der Waals surface area contributed by atoms with Crippen molar-refractivity contribution in [2.24, 2.45) is 0 Å². The van der Waals surface area contributed by atoms with Crippen molar-refractivity contribution in [1.29, 1.82) is 0 Å². The third kappa shape index (κ3) is 11.2. The van der Waals surface area contributed by atoms with Gasteiger partial charge in [-0.15, -0.1) is 0 Å². The fraction of sp³-hybridized carbons (Fsp3) is 0.727. The van der Waals surface area contributed by atoms with Crippen molar-refractivity contribution in [1.82, 2.24) is 10.6 Å². The van der Waals surface area contributed by atoms with Gasteiger partial charge in [0.1, 0.15) is 17.4 Å². The van der Waals surface area contributed by atoms with Gasteiger partial charge in [0.2, 0.25) is 0 Å². The van der Waals surface area contributed by atoms with E-state index < -0.39 is 34.8 Å². The summed E-state index contributed by atoms with van der Waals surface area (Å²) in [5.41, 5.74) is -2.11. The number of carboxylic acid groups (broad SMARTS) is 1. The zero-order valence-electron chi connectivity index (χ0n) is 19.8. The Morgan fingerprint density at radius 2 is 1.48 bits per heavy atom. The molecule has 11 nitrogen and oxygen atoms in total. The van der Waals surface area contributed by atoms with Gasteiger partial charge in [-0.05, 0) is 40.5 Å². The summed E-state index contributed by atoms with van der Waals surface area (Å²) in [6, 6.07) is 0. The molecule has 0 unspecified atom stereocenters. The van der Waals surface area contributed by atoms with Crippen LogP contribution in [-0.2, 0) is 28.5 Å². The van der Waals surface area contributed by atoms with Gasteiger partial charge in [0.05, 0.1) is 12.1 Å². The molecule has 2 aliphatic heterocycles. The normalized spacial score (nSPS) is 19.4. The van der Waals surface area contributed by atoms with Gasteiger partial charge < -0.3 is 39.5 Å². The molecule has 2 aliphatic rings. The minimum absolute atomic E-state index is 0.318. The van der Waals surface area contributed by atoms with E-state index in [0.29, 0.717) is 65.0 Å². The van der Waals surface area contributed by atoms with Crippen LogP contribution in [0.3, 0.4) is 0 Å². The van der Waals surface area contributed by atoms with Crippen molar-refractivity contribution < 1.29 is 43.2 Å². The Bertz CT molecular complexity index is 688. The SMILES string of the molecule is CCOC(=O)C=CC1(NC(=O)OC(C)(C)C)CCOCC1.O=CC1(NC(=O)O)CCOCC1. The smallest absolute Gasteiger partial charge is 0.408 e. The highest BCUT2D eigenvalue weighted by molar-refractivity contribution is 5.82. The van der Waals surface area contributed by atoms with E-state index in [1.165, 1.54) is 6.08 Å². The molecule has 0 spiro atoms. The highest BCUT2D eigenvalue weighted by Gasteiger charge is 2.34. The van der Waals surface area contributed by atoms with Crippen LogP contribution in [0.4, 0.5) is 9.59 Å². The van der Waals surface area contributed by atoms with Crippen molar-refractivity contribution in [3.8, 4) is 0 Å². The molecule has 0 aromatic heterocycles. The monoisotopic (exact) mass is 472 g/mol. The summed E-state index contributed by atoms with van der Waals surface area (Å²) < 4.78 is 20.5. The van der Waals surface area contributed by atoms with Crippen LogP contribution in [0.25, 0.3) is 0 Å². The van der Waals surface area contributed by atoms with Crippen LogP contribution in [-0.4, -0.2) is 79.3 Å². The summed E-state index contributed by atoms with van der Waals surface area (Å²) >= 11 is 0. The summed E-state index contributed by atoms with van der Waals surface area (Å²) in [7, 11) is 0. The molecule has 2 heterocycles. The molecule has 2 amide bonds. The molecule has 0 aliphatic carbocycles. The summed E-state index contributed by atoms with van der Waals surface area (Å²) in [4.78, 5) is 44.4. The maximum absolute atomic E-state index is 12.0. The zero-order valence-corrected chi connectivity index (χ0v) is 19.8. The number of ether oxygens (including phenoxy) is 4. The molecule has 0 saturated carbocycles. The minimum Gasteiger partial charge on any atom is -0.465 e. The molecule has 0 aromatic carbocycles. The summed E-state index contributed by atoms with van der Waals surface area (Å²) in [5.74, 6) is -0.422. The van der Waals surface area contributed by atoms with E-state index in [2.05, 4.69) is 10.6 Å². The number of carbonyl (C=O) groups excluding carboxylic acids is 3. The van der Waals surface area contributed by atoms with Crippen LogP contribution in [0.15, 0.2) is 12.2 Å². The highest BCUT2D eigenvalue weighted by atomic mass is 16.6. The molecule has 2 fully saturated rings. The summed E-state index contributed by atoms with van der Waals surface area (Å²) in [6.45, 7) is 9.37. The fourth-order valence-corrected chi connectivity index (χ4v) is 3.21. The van der Waals surface area contributed by atoms with Crippen LogP contribution in [0.2, 0.25) is 0 Å². The van der Waals surface area contributed by atoms with Crippen LogP contribution in [0.1, 0.15) is 53.4 Å². The van der Waals surface area contributed by atoms with Crippen LogP contribution < -0.4 is 10.6 Å². The number of hydrogen-bond acceptors (Lipinski definition) is 8. The quantitative estimate of drug-likeness (QED) is 0.300. The number of aldehydes is 1. The molecule has 2 rings (SSSR count). The number of amides is 2. The van der Waals surface area contributed by atoms with E-state index in [0.717, 1.165) is 0 Å². The molecule has 2 saturated heterocycles. The van der Waals surface area contributed by atoms with Gasteiger partial charge in [0, 0.05) is 45.3 Å². The maximum atomic E-state index is 12.0. The molecule has 3 N–H and O–H groups in total. The molecule has 188 valence electrons. The van der Waals surface area contributed by atoms with Gasteiger partial charge in [-0.1, -0.05) is 6.08 Å². The molecule has 0 atom stereocenters. The zero-order chi connectivity index (χ0) is 25.0. The first-order valence-corrected chi connectivity index (χ1v) is 10.9. The Morgan fingerprint density at radius 3 is 1.91 bits per heavy atom. The third-order valence-corrected chi connectivity index (χ3v) is 4.93. The lowest BCUT2D eigenvalue weighted by Crippen LogP contribution is -2.52. The van der Waals surface area contributed by atoms with Crippen molar-refractivity contribution in [3.63, 3.8) is 0 Å². The largest absolute Gasteiger partial charge is 0.465 e. The van der Waals surface area contributed by atoms with Gasteiger partial charge in [-0.2, -0.15) is 0 Å². The van der Waals surface area contributed by atoms with Gasteiger partial charge in [-0.3, -0.25) is 0 Å². The summed E-state index contributed by atoms with van der Waals surface area (Å²) in [5, 5.41) is 13.5. The van der Waals surface area contributed by atoms with Crippen molar-refractivity contribution in [3.05, 3.63) is 12.2 Å². The highest BCUT2D eigenvalue weighted by Crippen LogP contribution is 2.23. The Labute approximate surface area is 194 Å². The van der Waals surface area contributed by atoms with Crippen molar-refractivity contribution >= 4 is 24.4 Å². The average molecular weight is 473 g/mol. The second-order valence-electron chi connectivity index (χ2n) is 8.80. The molecular weight excluding hydrogens is 436 g/mol. The molecular formula is C22H36N2O9. The Balaban J connectivity index is 0.000000383. The minimum atomic E-state index is -1.16. The van der Waals surface area contributed by atoms with E-state index in [1.54, 1.807) is 33.8 Å². The van der Waals surface area contributed by atoms with Gasteiger partial charge in [0.25, 0.3) is 0 Å². The van der Waals surface area contributed by atoms with Crippen LogP contribution in [0, 0.1) is 0 Å². The van der Waals surface area contributed by atoms with E-state index in [-0.39, 0.29) is 0 Å². The maximum Gasteiger partial charge on any atom is 0.408 e. The average Bonchev–Trinajstić information content (AvgIpc) is 2.72. The molecule has 11 heteroatoms. The van der Waals surface area contributed by atoms with E-state index in [9.17, 15) is 19.2 Å². The standard InChI is InChI=1S/C15H25NO5.C7H11NO4/c1-5-20-12(17)6-7-15(8-10-19-11-9-15)16-13(18)21-14(2,3)4;9-5-7(8-6(10)11)1-3-12-4-2-7/h6-7H,5,8-11H2,1-4H3,(H,16,18);5,8H,1-4H2,(H,10,11). The number of nitrogens with one attached hydrogen (secondary N) is 2. The first-order chi connectivity index (χ1) is 15.4. The Hall–Kier alpha value is -2.66. The number of carbonyl (C=O) groups is 4. The second kappa shape index (κ2) is 13.1. The number of alkyl carbamates (subject to hydrolysis) is 1. The van der Waals surface area contributed by atoms with E-state index in [4.69, 9.17) is 24.1 Å². The number of rotatable bonds is 6. The predicted octanol–water partition coefficient (Wildman–Crippen LogP) is 2.18. The molecule has 0 bridgehead atoms. The number of hydrogen-bond donors (Lipinski definition) is 3. The first-order valence-electron chi connectivity index (χ1n) is 10.9. The number of esters is 1. The third-order valence-electron chi connectivity index (χ3n) is 4.93. The predicted molar refractivity (Wildman–Crippen MR) is 118 cm³/mol. The van der Waals surface area contributed by atoms with E-state index in [1.807, 2.05) is 0 Å². The van der Waals surface area contributed by atoms with Gasteiger partial charge >= 0.3 is 18.2 Å². The van der Waals surface area contributed by atoms with Crippen molar-refractivity contribution in [2.45, 2.75) is 70.1 Å². The van der Waals surface area contributed by atoms with Crippen LogP contribution >= 0.6 is 0 Å². The first kappa shape index (κ1) is 28.4. The molecule has 33 heavy (non-hydrogen) atoms. The van der Waals surface area contributed by atoms with Crippen molar-refractivity contribution in [2.75, 3.05) is 33.0 Å².